The van der Waals surface area contributed by atoms with E-state index in [1.807, 2.05) is 35.9 Å². The van der Waals surface area contributed by atoms with E-state index in [1.54, 1.807) is 11.3 Å². The smallest absolute Gasteiger partial charge is 0.507 e. The molecule has 1 heterocycles. The highest BCUT2D eigenvalue weighted by Crippen LogP contribution is 2.26. The number of aryl methyl sites for hydroxylation is 2. The summed E-state index contributed by atoms with van der Waals surface area (Å²) in [5.74, 6) is 0.310. The lowest BCUT2D eigenvalue weighted by atomic mass is 10.1. The van der Waals surface area contributed by atoms with Crippen molar-refractivity contribution >= 4 is 36.4 Å². The van der Waals surface area contributed by atoms with E-state index in [-0.39, 0.29) is 0 Å². The minimum absolute atomic E-state index is 0.310. The van der Waals surface area contributed by atoms with Crippen molar-refractivity contribution < 1.29 is 27.1 Å². The molecule has 4 nitrogen and oxygen atoms in total. The number of hydrogen-bond donors (Lipinski definition) is 1. The second-order valence-electron chi connectivity index (χ2n) is 5.52. The van der Waals surface area contributed by atoms with Gasteiger partial charge >= 0.3 is 7.25 Å². The first-order valence-corrected chi connectivity index (χ1v) is 9.41. The Morgan fingerprint density at radius 3 is 2.22 bits per heavy atom. The number of rotatable bonds is 6. The Bertz CT molecular complexity index is 755. The molecule has 0 saturated carbocycles. The van der Waals surface area contributed by atoms with Crippen LogP contribution in [0, 0.1) is 6.92 Å². The number of halogens is 4. The van der Waals surface area contributed by atoms with Crippen LogP contribution < -0.4 is 9.58 Å². The maximum absolute atomic E-state index is 10.2. The Hall–Kier alpha value is -2.10. The average molecular weight is 405 g/mol. The highest BCUT2D eigenvalue weighted by atomic mass is 32.1. The lowest BCUT2D eigenvalue weighted by Gasteiger charge is -2.21. The van der Waals surface area contributed by atoms with Crippen LogP contribution in [-0.4, -0.2) is 30.5 Å². The van der Waals surface area contributed by atoms with Crippen LogP contribution in [0.2, 0.25) is 0 Å². The Balaban J connectivity index is 0.000000646. The number of phenols is 1. The van der Waals surface area contributed by atoms with Crippen molar-refractivity contribution in [2.75, 3.05) is 18.0 Å². The molecule has 0 unspecified atom stereocenters. The maximum Gasteiger partial charge on any atom is 0.673 e. The molecule has 150 valence electrons. The molecular weight excluding hydrogens is 381 g/mol. The van der Waals surface area contributed by atoms with E-state index < -0.39 is 7.25 Å². The molecule has 0 bridgehead atoms. The summed E-state index contributed by atoms with van der Waals surface area (Å²) in [5.41, 5.74) is 1.88. The molecular formula is C17H24BF4N3OS. The summed E-state index contributed by atoms with van der Waals surface area (Å²) in [6.07, 6.45) is 3.96. The summed E-state index contributed by atoms with van der Waals surface area (Å²) in [5, 5.41) is 16.8. The first-order chi connectivity index (χ1) is 12.6. The Kier molecular flexibility index (Phi) is 8.75. The number of hydrogen-bond acceptors (Lipinski definition) is 4. The van der Waals surface area contributed by atoms with Gasteiger partial charge in [0.25, 0.3) is 5.01 Å². The Morgan fingerprint density at radius 1 is 1.15 bits per heavy atom. The number of benzene rings is 1. The van der Waals surface area contributed by atoms with Gasteiger partial charge < -0.3 is 27.3 Å². The van der Waals surface area contributed by atoms with Gasteiger partial charge in [0.2, 0.25) is 0 Å². The number of phenolic OH excluding ortho intramolecular Hbond substituents is 1. The first kappa shape index (κ1) is 22.9. The van der Waals surface area contributed by atoms with Gasteiger partial charge in [-0.25, -0.2) is 0 Å². The molecule has 0 radical (unpaired) electrons. The Morgan fingerprint density at radius 2 is 1.74 bits per heavy atom. The Labute approximate surface area is 160 Å². The van der Waals surface area contributed by atoms with Crippen molar-refractivity contribution in [1.82, 2.24) is 5.10 Å². The van der Waals surface area contributed by atoms with Crippen molar-refractivity contribution in [3.05, 3.63) is 33.8 Å². The van der Waals surface area contributed by atoms with Crippen LogP contribution in [0.3, 0.4) is 0 Å². The molecule has 0 saturated heterocycles. The fraction of sp³-hybridized carbons (Fsp3) is 0.412. The zero-order chi connectivity index (χ0) is 20.6. The van der Waals surface area contributed by atoms with Gasteiger partial charge in [-0.05, 0) is 57.2 Å². The lowest BCUT2D eigenvalue weighted by molar-refractivity contribution is -0.747. The molecule has 1 aromatic heterocycles. The van der Waals surface area contributed by atoms with Gasteiger partial charge in [0.15, 0.2) is 11.6 Å². The van der Waals surface area contributed by atoms with Gasteiger partial charge in [-0.15, -0.1) is 0 Å². The van der Waals surface area contributed by atoms with Crippen LogP contribution in [0.15, 0.2) is 18.2 Å². The number of aromatic nitrogens is 2. The lowest BCUT2D eigenvalue weighted by Crippen LogP contribution is -2.36. The minimum Gasteiger partial charge on any atom is -0.507 e. The fourth-order valence-corrected chi connectivity index (χ4v) is 3.26. The van der Waals surface area contributed by atoms with Crippen LogP contribution in [0.25, 0.3) is 12.2 Å². The largest absolute Gasteiger partial charge is 0.673 e. The van der Waals surface area contributed by atoms with Gasteiger partial charge in [-0.2, -0.15) is 0 Å². The third kappa shape index (κ3) is 7.98. The third-order valence-corrected chi connectivity index (χ3v) is 4.55. The molecule has 0 aliphatic carbocycles. The van der Waals surface area contributed by atoms with Crippen LogP contribution >= 0.6 is 11.3 Å². The SMILES string of the molecule is CCN(CC)c1ccc(C=Cc2sc(C)n[n+]2CC)c(O)c1.F[B-](F)(F)F. The van der Waals surface area contributed by atoms with E-state index in [1.165, 1.54) is 0 Å². The quantitative estimate of drug-likeness (QED) is 0.427. The standard InChI is InChI=1S/C17H23N3OS.BF4/c1-5-19(6-2)15-10-8-14(16(21)12-15)9-11-17-20(7-3)18-13(4)22-17;2-1(3,4)5/h8-12H,5-7H2,1-4H3;/q;-1/p+1. The molecule has 0 aliphatic rings. The summed E-state index contributed by atoms with van der Waals surface area (Å²) in [6.45, 7) is 11.0. The van der Waals surface area contributed by atoms with E-state index in [0.717, 1.165) is 40.9 Å². The summed E-state index contributed by atoms with van der Waals surface area (Å²) in [7, 11) is -6.00. The molecule has 2 aromatic rings. The van der Waals surface area contributed by atoms with Crippen LogP contribution in [-0.2, 0) is 6.54 Å². The van der Waals surface area contributed by atoms with E-state index in [2.05, 4.69) is 36.8 Å². The summed E-state index contributed by atoms with van der Waals surface area (Å²) >= 11 is 1.65. The van der Waals surface area contributed by atoms with Crippen molar-refractivity contribution in [2.45, 2.75) is 34.2 Å². The first-order valence-electron chi connectivity index (χ1n) is 8.59. The van der Waals surface area contributed by atoms with Crippen LogP contribution in [0.5, 0.6) is 5.75 Å². The van der Waals surface area contributed by atoms with Crippen molar-refractivity contribution in [3.8, 4) is 5.75 Å². The second kappa shape index (κ2) is 10.3. The van der Waals surface area contributed by atoms with Gasteiger partial charge in [0, 0.05) is 41.6 Å². The predicted molar refractivity (Wildman–Crippen MR) is 104 cm³/mol. The molecule has 0 fully saturated rings. The van der Waals surface area contributed by atoms with Crippen molar-refractivity contribution in [3.63, 3.8) is 0 Å². The third-order valence-electron chi connectivity index (χ3n) is 3.62. The molecule has 0 aliphatic heterocycles. The molecule has 1 N–H and O–H groups in total. The van der Waals surface area contributed by atoms with E-state index in [4.69, 9.17) is 0 Å². The van der Waals surface area contributed by atoms with E-state index in [0.29, 0.717) is 5.75 Å². The molecule has 0 amide bonds. The maximum atomic E-state index is 10.2. The van der Waals surface area contributed by atoms with Gasteiger partial charge in [0.05, 0.1) is 0 Å². The summed E-state index contributed by atoms with van der Waals surface area (Å²) in [6, 6.07) is 5.85. The van der Waals surface area contributed by atoms with E-state index in [9.17, 15) is 22.4 Å². The van der Waals surface area contributed by atoms with E-state index >= 15 is 0 Å². The summed E-state index contributed by atoms with van der Waals surface area (Å²) < 4.78 is 41.0. The van der Waals surface area contributed by atoms with Crippen LogP contribution in [0.1, 0.15) is 36.3 Å². The molecule has 27 heavy (non-hydrogen) atoms. The van der Waals surface area contributed by atoms with Gasteiger partial charge in [-0.3, -0.25) is 0 Å². The molecule has 0 atom stereocenters. The number of aromatic hydroxyl groups is 1. The highest BCUT2D eigenvalue weighted by molar-refractivity contribution is 7.11. The average Bonchev–Trinajstić information content (AvgIpc) is 2.93. The molecule has 1 aromatic carbocycles. The fourth-order valence-electron chi connectivity index (χ4n) is 2.41. The van der Waals surface area contributed by atoms with Crippen molar-refractivity contribution in [1.29, 1.82) is 0 Å². The molecule has 0 spiro atoms. The predicted octanol–water partition coefficient (Wildman–Crippen LogP) is 4.78. The normalized spacial score (nSPS) is 11.4. The highest BCUT2D eigenvalue weighted by Gasteiger charge is 2.20. The van der Waals surface area contributed by atoms with Crippen molar-refractivity contribution in [2.24, 2.45) is 0 Å². The second-order valence-corrected chi connectivity index (χ2v) is 6.73. The van der Waals surface area contributed by atoms with Crippen LogP contribution in [0.4, 0.5) is 23.0 Å². The molecule has 10 heteroatoms. The number of anilines is 1. The van der Waals surface area contributed by atoms with Gasteiger partial charge in [-0.1, -0.05) is 4.68 Å². The molecule has 2 rings (SSSR count). The number of nitrogens with zero attached hydrogens (tertiary/aromatic N) is 3. The minimum atomic E-state index is -6.00. The topological polar surface area (TPSA) is 40.2 Å². The zero-order valence-electron chi connectivity index (χ0n) is 15.8. The monoisotopic (exact) mass is 405 g/mol. The van der Waals surface area contributed by atoms with Gasteiger partial charge in [0.1, 0.15) is 5.75 Å². The summed E-state index contributed by atoms with van der Waals surface area (Å²) in [4.78, 5) is 2.21. The zero-order valence-corrected chi connectivity index (χ0v) is 16.6.